The highest BCUT2D eigenvalue weighted by molar-refractivity contribution is 7.90. The summed E-state index contributed by atoms with van der Waals surface area (Å²) in [7, 11) is -3.82. The van der Waals surface area contributed by atoms with Crippen molar-refractivity contribution >= 4 is 39.3 Å². The fourth-order valence-corrected chi connectivity index (χ4v) is 9.43. The van der Waals surface area contributed by atoms with E-state index in [9.17, 15) is 18.0 Å². The lowest BCUT2D eigenvalue weighted by molar-refractivity contribution is -0.134. The van der Waals surface area contributed by atoms with E-state index >= 15 is 0 Å². The Labute approximate surface area is 206 Å². The topological polar surface area (TPSA) is 113 Å². The number of aryl methyl sites for hydroxylation is 1. The first-order valence-electron chi connectivity index (χ1n) is 12.2. The van der Waals surface area contributed by atoms with Crippen LogP contribution in [0.3, 0.4) is 0 Å². The predicted octanol–water partition coefficient (Wildman–Crippen LogP) is 2.59. The number of rotatable bonds is 6. The Morgan fingerprint density at radius 3 is 2.53 bits per heavy atom. The number of primary amides is 1. The molecule has 1 saturated heterocycles. The maximum absolute atomic E-state index is 13.4. The fraction of sp³-hybridized carbons (Fsp3) is 0.667. The summed E-state index contributed by atoms with van der Waals surface area (Å²) in [6, 6.07) is 5.19. The summed E-state index contributed by atoms with van der Waals surface area (Å²) < 4.78 is 29.4. The van der Waals surface area contributed by atoms with Crippen LogP contribution in [0.2, 0.25) is 5.02 Å². The van der Waals surface area contributed by atoms with Crippen molar-refractivity contribution in [3.05, 3.63) is 28.8 Å². The molecule has 1 aromatic rings. The highest BCUT2D eigenvalue weighted by Gasteiger charge is 2.56. The van der Waals surface area contributed by atoms with E-state index in [1.165, 1.54) is 8.61 Å². The highest BCUT2D eigenvalue weighted by Crippen LogP contribution is 2.61. The molecule has 1 aliphatic heterocycles. The van der Waals surface area contributed by atoms with Crippen LogP contribution in [-0.4, -0.2) is 50.2 Å². The number of benzene rings is 1. The summed E-state index contributed by atoms with van der Waals surface area (Å²) in [6.07, 6.45) is 6.10. The fourth-order valence-electron chi connectivity index (χ4n) is 7.47. The second-order valence-corrected chi connectivity index (χ2v) is 13.2. The lowest BCUT2D eigenvalue weighted by Crippen LogP contribution is -2.61. The van der Waals surface area contributed by atoms with E-state index in [1.807, 2.05) is 6.92 Å². The molecule has 0 spiro atoms. The SMILES string of the molecule is Cc1cc(Cl)ccc1N1CCCN(CC(=O)NC2C3CC4CC2CC(CC(N)=O)(C4)C3)S1(=O)=O. The molecule has 5 fully saturated rings. The maximum atomic E-state index is 13.4. The summed E-state index contributed by atoms with van der Waals surface area (Å²) in [5.41, 5.74) is 6.92. The quantitative estimate of drug-likeness (QED) is 0.614. The van der Waals surface area contributed by atoms with Gasteiger partial charge in [0.2, 0.25) is 11.8 Å². The summed E-state index contributed by atoms with van der Waals surface area (Å²) >= 11 is 6.05. The highest BCUT2D eigenvalue weighted by atomic mass is 35.5. The predicted molar refractivity (Wildman–Crippen MR) is 130 cm³/mol. The van der Waals surface area contributed by atoms with Gasteiger partial charge in [-0.2, -0.15) is 12.7 Å². The van der Waals surface area contributed by atoms with Crippen molar-refractivity contribution in [3.8, 4) is 0 Å². The minimum Gasteiger partial charge on any atom is -0.370 e. The molecule has 1 heterocycles. The third-order valence-electron chi connectivity index (χ3n) is 8.40. The standard InChI is InChI=1S/C24H33ClN4O4S/c1-15-7-19(25)3-4-20(15)29-6-2-5-28(34(29,32)33)14-22(31)27-23-17-8-16-9-18(23)12-24(10-16,11-17)13-21(26)30/h3-4,7,16-18,23H,2,5-6,8-14H2,1H3,(H2,26,30)(H,27,31). The number of carbonyl (C=O) groups is 2. The van der Waals surface area contributed by atoms with E-state index in [2.05, 4.69) is 5.32 Å². The van der Waals surface area contributed by atoms with Crippen molar-refractivity contribution in [1.29, 1.82) is 0 Å². The van der Waals surface area contributed by atoms with Crippen LogP contribution in [0.1, 0.15) is 50.5 Å². The van der Waals surface area contributed by atoms with Crippen LogP contribution in [0.15, 0.2) is 18.2 Å². The van der Waals surface area contributed by atoms with E-state index in [0.29, 0.717) is 54.4 Å². The minimum absolute atomic E-state index is 0.00326. The van der Waals surface area contributed by atoms with Gasteiger partial charge in [-0.15, -0.1) is 0 Å². The van der Waals surface area contributed by atoms with Crippen molar-refractivity contribution in [2.75, 3.05) is 23.9 Å². The van der Waals surface area contributed by atoms with Crippen LogP contribution in [-0.2, 0) is 19.8 Å². The van der Waals surface area contributed by atoms with Gasteiger partial charge in [0.15, 0.2) is 0 Å². The Morgan fingerprint density at radius 2 is 1.88 bits per heavy atom. The molecule has 34 heavy (non-hydrogen) atoms. The van der Waals surface area contributed by atoms with Crippen LogP contribution in [0.5, 0.6) is 0 Å². The maximum Gasteiger partial charge on any atom is 0.304 e. The first kappa shape index (κ1) is 23.9. The summed E-state index contributed by atoms with van der Waals surface area (Å²) in [4.78, 5) is 24.7. The number of hydrogen-bond acceptors (Lipinski definition) is 4. The molecular weight excluding hydrogens is 476 g/mol. The zero-order valence-electron chi connectivity index (χ0n) is 19.5. The van der Waals surface area contributed by atoms with Crippen molar-refractivity contribution < 1.29 is 18.0 Å². The third-order valence-corrected chi connectivity index (χ3v) is 10.5. The van der Waals surface area contributed by atoms with E-state index in [-0.39, 0.29) is 29.8 Å². The number of nitrogens with two attached hydrogens (primary N) is 1. The largest absolute Gasteiger partial charge is 0.370 e. The zero-order chi connectivity index (χ0) is 24.3. The number of amides is 2. The Kier molecular flexibility index (Phi) is 6.09. The van der Waals surface area contributed by atoms with Gasteiger partial charge >= 0.3 is 10.2 Å². The molecule has 10 heteroatoms. The molecule has 3 N–H and O–H groups in total. The van der Waals surface area contributed by atoms with Crippen molar-refractivity contribution in [1.82, 2.24) is 9.62 Å². The molecule has 2 atom stereocenters. The molecule has 6 rings (SSSR count). The van der Waals surface area contributed by atoms with Gasteiger partial charge < -0.3 is 11.1 Å². The van der Waals surface area contributed by atoms with Gasteiger partial charge in [-0.25, -0.2) is 0 Å². The van der Waals surface area contributed by atoms with Crippen LogP contribution in [0.25, 0.3) is 0 Å². The average Bonchev–Trinajstić information content (AvgIpc) is 2.71. The second kappa shape index (κ2) is 8.68. The minimum atomic E-state index is -3.82. The lowest BCUT2D eigenvalue weighted by atomic mass is 9.47. The molecular formula is C24H33ClN4O4S. The molecule has 8 nitrogen and oxygen atoms in total. The van der Waals surface area contributed by atoms with Gasteiger partial charge in [0.1, 0.15) is 0 Å². The monoisotopic (exact) mass is 508 g/mol. The smallest absolute Gasteiger partial charge is 0.304 e. The van der Waals surface area contributed by atoms with E-state index in [0.717, 1.165) is 37.7 Å². The van der Waals surface area contributed by atoms with Crippen molar-refractivity contribution in [3.63, 3.8) is 0 Å². The van der Waals surface area contributed by atoms with Crippen LogP contribution in [0.4, 0.5) is 5.69 Å². The number of carbonyl (C=O) groups excluding carboxylic acids is 2. The number of nitrogens with one attached hydrogen (secondary N) is 1. The molecule has 186 valence electrons. The molecule has 0 aromatic heterocycles. The van der Waals surface area contributed by atoms with Gasteiger partial charge in [-0.3, -0.25) is 13.9 Å². The van der Waals surface area contributed by atoms with Gasteiger partial charge in [0, 0.05) is 30.6 Å². The third kappa shape index (κ3) is 4.31. The number of nitrogens with zero attached hydrogens (tertiary/aromatic N) is 2. The molecule has 2 unspecified atom stereocenters. The first-order valence-corrected chi connectivity index (χ1v) is 14.0. The van der Waals surface area contributed by atoms with Crippen LogP contribution in [0, 0.1) is 30.1 Å². The number of anilines is 1. The number of hydrogen-bond donors (Lipinski definition) is 2. The molecule has 4 aliphatic carbocycles. The number of halogens is 1. The van der Waals surface area contributed by atoms with Gasteiger partial charge in [-0.1, -0.05) is 11.6 Å². The van der Waals surface area contributed by atoms with E-state index in [1.54, 1.807) is 18.2 Å². The summed E-state index contributed by atoms with van der Waals surface area (Å²) in [5, 5.41) is 3.75. The molecule has 5 aliphatic rings. The lowest BCUT2D eigenvalue weighted by Gasteiger charge is -2.60. The van der Waals surface area contributed by atoms with Gasteiger partial charge in [0.05, 0.1) is 12.2 Å². The molecule has 4 saturated carbocycles. The van der Waals surface area contributed by atoms with Gasteiger partial charge in [-0.05, 0) is 92.4 Å². The van der Waals surface area contributed by atoms with Crippen LogP contribution >= 0.6 is 11.6 Å². The second-order valence-electron chi connectivity index (χ2n) is 10.9. The van der Waals surface area contributed by atoms with Gasteiger partial charge in [0.25, 0.3) is 0 Å². The molecule has 1 aromatic carbocycles. The van der Waals surface area contributed by atoms with E-state index in [4.69, 9.17) is 17.3 Å². The van der Waals surface area contributed by atoms with Crippen LogP contribution < -0.4 is 15.4 Å². The molecule has 0 radical (unpaired) electrons. The zero-order valence-corrected chi connectivity index (χ0v) is 21.1. The molecule has 4 bridgehead atoms. The Morgan fingerprint density at radius 1 is 1.18 bits per heavy atom. The average molecular weight is 509 g/mol. The van der Waals surface area contributed by atoms with Crippen molar-refractivity contribution in [2.45, 2.75) is 57.9 Å². The summed E-state index contributed by atoms with van der Waals surface area (Å²) in [5.74, 6) is 0.781. The Balaban J connectivity index is 1.26. The van der Waals surface area contributed by atoms with Crippen molar-refractivity contribution in [2.24, 2.45) is 28.9 Å². The normalized spacial score (nSPS) is 34.2. The first-order chi connectivity index (χ1) is 16.1. The Bertz CT molecular complexity index is 1090. The van der Waals surface area contributed by atoms with E-state index < -0.39 is 10.2 Å². The molecule has 2 amide bonds. The summed E-state index contributed by atoms with van der Waals surface area (Å²) in [6.45, 7) is 2.34. The Hall–Kier alpha value is -1.84.